The standard InChI is InChI=1S/C16H13FO4/c1-20-16(19)14-8-12(9-18)4-7-15(14)21-10-11-2-5-13(17)6-3-11/h2-9H,10H2,1H3. The van der Waals surface area contributed by atoms with Gasteiger partial charge in [-0.3, -0.25) is 4.79 Å². The fourth-order valence-electron chi connectivity index (χ4n) is 1.76. The molecule has 0 spiro atoms. The van der Waals surface area contributed by atoms with Crippen LogP contribution in [0, 0.1) is 5.82 Å². The molecule has 0 N–H and O–H groups in total. The smallest absolute Gasteiger partial charge is 0.341 e. The van der Waals surface area contributed by atoms with Crippen molar-refractivity contribution in [1.29, 1.82) is 0 Å². The maximum atomic E-state index is 12.8. The first-order chi connectivity index (χ1) is 10.1. The van der Waals surface area contributed by atoms with Crippen LogP contribution in [0.1, 0.15) is 26.3 Å². The van der Waals surface area contributed by atoms with Gasteiger partial charge < -0.3 is 9.47 Å². The van der Waals surface area contributed by atoms with Gasteiger partial charge in [0.05, 0.1) is 7.11 Å². The molecule has 0 amide bonds. The normalized spacial score (nSPS) is 10.0. The molecular weight excluding hydrogens is 275 g/mol. The molecule has 4 nitrogen and oxygen atoms in total. The van der Waals surface area contributed by atoms with Gasteiger partial charge >= 0.3 is 5.97 Å². The lowest BCUT2D eigenvalue weighted by Crippen LogP contribution is -2.06. The fraction of sp³-hybridized carbons (Fsp3) is 0.125. The van der Waals surface area contributed by atoms with Crippen LogP contribution in [0.2, 0.25) is 0 Å². The number of rotatable bonds is 5. The Balaban J connectivity index is 2.20. The van der Waals surface area contributed by atoms with Gasteiger partial charge in [-0.15, -0.1) is 0 Å². The second-order valence-corrected chi connectivity index (χ2v) is 4.28. The predicted molar refractivity (Wildman–Crippen MR) is 73.9 cm³/mol. The first-order valence-electron chi connectivity index (χ1n) is 6.19. The molecule has 0 atom stereocenters. The zero-order chi connectivity index (χ0) is 15.2. The summed E-state index contributed by atoms with van der Waals surface area (Å²) in [5.41, 5.74) is 1.28. The predicted octanol–water partition coefficient (Wildman–Crippen LogP) is 3.00. The third-order valence-corrected chi connectivity index (χ3v) is 2.85. The Hall–Kier alpha value is -2.69. The van der Waals surface area contributed by atoms with E-state index >= 15 is 0 Å². The number of methoxy groups -OCH3 is 1. The second kappa shape index (κ2) is 6.65. The molecule has 0 aliphatic rings. The molecule has 0 aliphatic heterocycles. The van der Waals surface area contributed by atoms with Crippen LogP contribution in [-0.4, -0.2) is 19.4 Å². The highest BCUT2D eigenvalue weighted by atomic mass is 19.1. The van der Waals surface area contributed by atoms with Gasteiger partial charge in [0.15, 0.2) is 0 Å². The second-order valence-electron chi connectivity index (χ2n) is 4.28. The quantitative estimate of drug-likeness (QED) is 0.627. The van der Waals surface area contributed by atoms with Gasteiger partial charge in [-0.05, 0) is 35.9 Å². The van der Waals surface area contributed by atoms with Gasteiger partial charge in [0, 0.05) is 5.56 Å². The van der Waals surface area contributed by atoms with Crippen LogP contribution in [0.3, 0.4) is 0 Å². The Labute approximate surface area is 121 Å². The molecule has 0 radical (unpaired) electrons. The summed E-state index contributed by atoms with van der Waals surface area (Å²) in [6.45, 7) is 0.171. The number of benzene rings is 2. The highest BCUT2D eigenvalue weighted by Crippen LogP contribution is 2.22. The number of esters is 1. The van der Waals surface area contributed by atoms with Crippen molar-refractivity contribution < 1.29 is 23.5 Å². The third kappa shape index (κ3) is 3.66. The van der Waals surface area contributed by atoms with Gasteiger partial charge in [0.25, 0.3) is 0 Å². The maximum Gasteiger partial charge on any atom is 0.341 e. The van der Waals surface area contributed by atoms with Crippen molar-refractivity contribution >= 4 is 12.3 Å². The monoisotopic (exact) mass is 288 g/mol. The Morgan fingerprint density at radius 3 is 2.52 bits per heavy atom. The van der Waals surface area contributed by atoms with Crippen LogP contribution in [0.25, 0.3) is 0 Å². The third-order valence-electron chi connectivity index (χ3n) is 2.85. The van der Waals surface area contributed by atoms with E-state index < -0.39 is 5.97 Å². The average Bonchev–Trinajstić information content (AvgIpc) is 2.53. The molecule has 0 saturated carbocycles. The Bertz CT molecular complexity index is 650. The molecule has 2 aromatic carbocycles. The van der Waals surface area contributed by atoms with Gasteiger partial charge in [-0.25, -0.2) is 9.18 Å². The summed E-state index contributed by atoms with van der Waals surface area (Å²) in [6, 6.07) is 10.3. The van der Waals surface area contributed by atoms with E-state index in [4.69, 9.17) is 4.74 Å². The SMILES string of the molecule is COC(=O)c1cc(C=O)ccc1OCc1ccc(F)cc1. The van der Waals surface area contributed by atoms with Crippen LogP contribution < -0.4 is 4.74 Å². The largest absolute Gasteiger partial charge is 0.488 e. The van der Waals surface area contributed by atoms with Crippen molar-refractivity contribution in [2.24, 2.45) is 0 Å². The van der Waals surface area contributed by atoms with Crippen molar-refractivity contribution in [3.8, 4) is 5.75 Å². The van der Waals surface area contributed by atoms with Crippen molar-refractivity contribution in [3.05, 3.63) is 65.0 Å². The summed E-state index contributed by atoms with van der Waals surface area (Å²) >= 11 is 0. The van der Waals surface area contributed by atoms with E-state index in [1.54, 1.807) is 18.2 Å². The molecule has 0 fully saturated rings. The summed E-state index contributed by atoms with van der Waals surface area (Å²) in [5, 5.41) is 0. The molecule has 0 unspecified atom stereocenters. The lowest BCUT2D eigenvalue weighted by molar-refractivity contribution is 0.0595. The number of hydrogen-bond donors (Lipinski definition) is 0. The lowest BCUT2D eigenvalue weighted by atomic mass is 10.1. The number of hydrogen-bond acceptors (Lipinski definition) is 4. The van der Waals surface area contributed by atoms with Crippen molar-refractivity contribution in [3.63, 3.8) is 0 Å². The summed E-state index contributed by atoms with van der Waals surface area (Å²) in [6.07, 6.45) is 0.635. The minimum Gasteiger partial charge on any atom is -0.488 e. The van der Waals surface area contributed by atoms with E-state index in [1.807, 2.05) is 0 Å². The fourth-order valence-corrected chi connectivity index (χ4v) is 1.76. The van der Waals surface area contributed by atoms with E-state index in [0.717, 1.165) is 5.56 Å². The van der Waals surface area contributed by atoms with Crippen molar-refractivity contribution in [1.82, 2.24) is 0 Å². The molecule has 0 bridgehead atoms. The molecule has 5 heteroatoms. The Morgan fingerprint density at radius 2 is 1.90 bits per heavy atom. The first kappa shape index (κ1) is 14.7. The van der Waals surface area contributed by atoms with E-state index in [-0.39, 0.29) is 18.0 Å². The minimum atomic E-state index is -0.590. The van der Waals surface area contributed by atoms with Crippen LogP contribution in [-0.2, 0) is 11.3 Å². The molecule has 2 aromatic rings. The molecule has 2 rings (SSSR count). The Morgan fingerprint density at radius 1 is 1.19 bits per heavy atom. The summed E-state index contributed by atoms with van der Waals surface area (Å²) in [4.78, 5) is 22.5. The number of ether oxygens (including phenoxy) is 2. The van der Waals surface area contributed by atoms with Gasteiger partial charge in [-0.2, -0.15) is 0 Å². The molecule has 0 aliphatic carbocycles. The summed E-state index contributed by atoms with van der Waals surface area (Å²) in [7, 11) is 1.25. The van der Waals surface area contributed by atoms with E-state index in [1.165, 1.54) is 31.4 Å². The maximum absolute atomic E-state index is 12.8. The summed E-state index contributed by atoms with van der Waals surface area (Å²) < 4.78 is 23.0. The van der Waals surface area contributed by atoms with E-state index in [2.05, 4.69) is 4.74 Å². The molecule has 0 heterocycles. The highest BCUT2D eigenvalue weighted by Gasteiger charge is 2.14. The van der Waals surface area contributed by atoms with E-state index in [0.29, 0.717) is 17.6 Å². The van der Waals surface area contributed by atoms with Crippen LogP contribution in [0.15, 0.2) is 42.5 Å². The molecule has 21 heavy (non-hydrogen) atoms. The zero-order valence-corrected chi connectivity index (χ0v) is 11.3. The van der Waals surface area contributed by atoms with Gasteiger partial charge in [-0.1, -0.05) is 12.1 Å². The van der Waals surface area contributed by atoms with Crippen molar-refractivity contribution in [2.75, 3.05) is 7.11 Å². The lowest BCUT2D eigenvalue weighted by Gasteiger charge is -2.11. The molecule has 0 saturated heterocycles. The average molecular weight is 288 g/mol. The van der Waals surface area contributed by atoms with Crippen LogP contribution >= 0.6 is 0 Å². The molecule has 0 aromatic heterocycles. The Kier molecular flexibility index (Phi) is 4.66. The molecular formula is C16H13FO4. The summed E-state index contributed by atoms with van der Waals surface area (Å²) in [5.74, 6) is -0.617. The van der Waals surface area contributed by atoms with Gasteiger partial charge in [0.2, 0.25) is 0 Å². The zero-order valence-electron chi connectivity index (χ0n) is 11.3. The molecule has 108 valence electrons. The van der Waals surface area contributed by atoms with Crippen LogP contribution in [0.4, 0.5) is 4.39 Å². The number of carbonyl (C=O) groups is 2. The highest BCUT2D eigenvalue weighted by molar-refractivity contribution is 5.94. The topological polar surface area (TPSA) is 52.6 Å². The minimum absolute atomic E-state index is 0.171. The van der Waals surface area contributed by atoms with E-state index in [9.17, 15) is 14.0 Å². The van der Waals surface area contributed by atoms with Crippen LogP contribution in [0.5, 0.6) is 5.75 Å². The number of halogens is 1. The van der Waals surface area contributed by atoms with Crippen molar-refractivity contribution in [2.45, 2.75) is 6.61 Å². The number of carbonyl (C=O) groups excluding carboxylic acids is 2. The number of aldehydes is 1. The van der Waals surface area contributed by atoms with Gasteiger partial charge in [0.1, 0.15) is 30.0 Å². The first-order valence-corrected chi connectivity index (χ1v) is 6.19.